The lowest BCUT2D eigenvalue weighted by molar-refractivity contribution is -0.134. The number of para-hydroxylation sites is 1. The van der Waals surface area contributed by atoms with Gasteiger partial charge in [0.2, 0.25) is 5.91 Å². The predicted molar refractivity (Wildman–Crippen MR) is 124 cm³/mol. The standard InChI is InChI=1S/C21H32ClN3O2.2ClH/c1-17(18-6-8-23-9-7-18)16-21(26)25-12-10-24(11-13-25)14-15-27-20-5-3-2-4-19(20)22;;/h2-5,17-18,23H,6-16H2,1H3;2*1H. The van der Waals surface area contributed by atoms with Crippen LogP contribution in [0.2, 0.25) is 5.02 Å². The van der Waals surface area contributed by atoms with Crippen LogP contribution in [0.5, 0.6) is 5.75 Å². The van der Waals surface area contributed by atoms with Crippen LogP contribution in [0.15, 0.2) is 24.3 Å². The lowest BCUT2D eigenvalue weighted by Crippen LogP contribution is -2.50. The summed E-state index contributed by atoms with van der Waals surface area (Å²) in [5.74, 6) is 2.24. The number of amides is 1. The Morgan fingerprint density at radius 1 is 1.17 bits per heavy atom. The van der Waals surface area contributed by atoms with Crippen LogP contribution in [0.25, 0.3) is 0 Å². The Hall–Kier alpha value is -0.720. The maximum atomic E-state index is 12.6. The molecule has 1 atom stereocenters. The Balaban J connectivity index is 0.00000210. The van der Waals surface area contributed by atoms with Crippen LogP contribution in [0, 0.1) is 11.8 Å². The molecule has 5 nitrogen and oxygen atoms in total. The van der Waals surface area contributed by atoms with E-state index in [2.05, 4.69) is 17.1 Å². The van der Waals surface area contributed by atoms with Gasteiger partial charge in [-0.1, -0.05) is 30.7 Å². The van der Waals surface area contributed by atoms with Crippen molar-refractivity contribution in [2.24, 2.45) is 11.8 Å². The lowest BCUT2D eigenvalue weighted by atomic mass is 9.84. The molecule has 1 aromatic carbocycles. The molecule has 1 amide bonds. The molecule has 29 heavy (non-hydrogen) atoms. The van der Waals surface area contributed by atoms with Crippen molar-refractivity contribution in [3.05, 3.63) is 29.3 Å². The van der Waals surface area contributed by atoms with Gasteiger partial charge in [0.1, 0.15) is 12.4 Å². The van der Waals surface area contributed by atoms with Crippen molar-refractivity contribution in [3.8, 4) is 5.75 Å². The summed E-state index contributed by atoms with van der Waals surface area (Å²) in [6.45, 7) is 9.39. The third-order valence-electron chi connectivity index (χ3n) is 5.91. The number of nitrogens with one attached hydrogen (secondary N) is 1. The molecule has 8 heteroatoms. The second-order valence-electron chi connectivity index (χ2n) is 7.77. The Morgan fingerprint density at radius 3 is 2.48 bits per heavy atom. The van der Waals surface area contributed by atoms with Crippen LogP contribution in [-0.4, -0.2) is 68.1 Å². The molecular formula is C21H34Cl3N3O2. The highest BCUT2D eigenvalue weighted by Crippen LogP contribution is 2.25. The maximum Gasteiger partial charge on any atom is 0.222 e. The largest absolute Gasteiger partial charge is 0.491 e. The quantitative estimate of drug-likeness (QED) is 0.665. The number of carbonyl (C=O) groups excluding carboxylic acids is 1. The van der Waals surface area contributed by atoms with E-state index < -0.39 is 0 Å². The number of ether oxygens (including phenoxy) is 1. The van der Waals surface area contributed by atoms with E-state index in [0.29, 0.717) is 35.8 Å². The fourth-order valence-corrected chi connectivity index (χ4v) is 4.24. The summed E-state index contributed by atoms with van der Waals surface area (Å²) in [4.78, 5) is 17.0. The van der Waals surface area contributed by atoms with Crippen molar-refractivity contribution in [1.29, 1.82) is 0 Å². The highest BCUT2D eigenvalue weighted by Gasteiger charge is 2.26. The number of carbonyl (C=O) groups is 1. The van der Waals surface area contributed by atoms with E-state index in [-0.39, 0.29) is 24.8 Å². The fraction of sp³-hybridized carbons (Fsp3) is 0.667. The van der Waals surface area contributed by atoms with Crippen molar-refractivity contribution in [3.63, 3.8) is 0 Å². The summed E-state index contributed by atoms with van der Waals surface area (Å²) in [6.07, 6.45) is 3.10. The fourth-order valence-electron chi connectivity index (χ4n) is 4.05. The topological polar surface area (TPSA) is 44.8 Å². The molecule has 0 spiro atoms. The molecule has 1 aromatic rings. The van der Waals surface area contributed by atoms with Crippen molar-refractivity contribution < 1.29 is 9.53 Å². The average Bonchev–Trinajstić information content (AvgIpc) is 2.70. The van der Waals surface area contributed by atoms with Gasteiger partial charge in [0.25, 0.3) is 0 Å². The lowest BCUT2D eigenvalue weighted by Gasteiger charge is -2.36. The second kappa shape index (κ2) is 13.6. The molecule has 3 rings (SSSR count). The van der Waals surface area contributed by atoms with Crippen LogP contribution in [-0.2, 0) is 4.79 Å². The van der Waals surface area contributed by atoms with Gasteiger partial charge in [-0.15, -0.1) is 24.8 Å². The molecule has 2 aliphatic rings. The minimum Gasteiger partial charge on any atom is -0.491 e. The molecular weight excluding hydrogens is 433 g/mol. The van der Waals surface area contributed by atoms with Crippen molar-refractivity contribution in [2.75, 3.05) is 52.4 Å². The zero-order chi connectivity index (χ0) is 19.1. The Kier molecular flexibility index (Phi) is 12.3. The molecule has 2 heterocycles. The Bertz CT molecular complexity index is 607. The van der Waals surface area contributed by atoms with Crippen molar-refractivity contribution in [2.45, 2.75) is 26.2 Å². The first-order chi connectivity index (χ1) is 13.1. The van der Waals surface area contributed by atoms with Gasteiger partial charge in [-0.3, -0.25) is 9.69 Å². The van der Waals surface area contributed by atoms with Crippen LogP contribution in [0.1, 0.15) is 26.2 Å². The van der Waals surface area contributed by atoms with Gasteiger partial charge in [0.05, 0.1) is 5.02 Å². The summed E-state index contributed by atoms with van der Waals surface area (Å²) in [7, 11) is 0. The number of rotatable bonds is 7. The summed E-state index contributed by atoms with van der Waals surface area (Å²) >= 11 is 6.11. The van der Waals surface area contributed by atoms with Gasteiger partial charge in [0, 0.05) is 39.1 Å². The summed E-state index contributed by atoms with van der Waals surface area (Å²) < 4.78 is 5.77. The molecule has 2 fully saturated rings. The number of piperazine rings is 1. The molecule has 0 saturated carbocycles. The van der Waals surface area contributed by atoms with Crippen LogP contribution < -0.4 is 10.1 Å². The van der Waals surface area contributed by atoms with E-state index in [4.69, 9.17) is 16.3 Å². The summed E-state index contributed by atoms with van der Waals surface area (Å²) in [5.41, 5.74) is 0. The number of nitrogens with zero attached hydrogens (tertiary/aromatic N) is 2. The number of hydrogen-bond acceptors (Lipinski definition) is 4. The number of piperidine rings is 1. The monoisotopic (exact) mass is 465 g/mol. The normalized spacial score (nSPS) is 19.0. The van der Waals surface area contributed by atoms with E-state index in [9.17, 15) is 4.79 Å². The van der Waals surface area contributed by atoms with Crippen LogP contribution in [0.4, 0.5) is 0 Å². The van der Waals surface area contributed by atoms with Gasteiger partial charge in [-0.25, -0.2) is 0 Å². The summed E-state index contributed by atoms with van der Waals surface area (Å²) in [6, 6.07) is 7.56. The molecule has 0 bridgehead atoms. The van der Waals surface area contributed by atoms with Crippen LogP contribution in [0.3, 0.4) is 0 Å². The smallest absolute Gasteiger partial charge is 0.222 e. The highest BCUT2D eigenvalue weighted by molar-refractivity contribution is 6.32. The molecule has 166 valence electrons. The molecule has 0 radical (unpaired) electrons. The molecule has 0 aliphatic carbocycles. The molecule has 2 saturated heterocycles. The van der Waals surface area contributed by atoms with E-state index in [1.165, 1.54) is 12.8 Å². The molecule has 1 N–H and O–H groups in total. The SMILES string of the molecule is CC(CC(=O)N1CCN(CCOc2ccccc2Cl)CC1)C1CCNCC1.Cl.Cl. The predicted octanol–water partition coefficient (Wildman–Crippen LogP) is 3.73. The maximum absolute atomic E-state index is 12.6. The Labute approximate surface area is 192 Å². The number of hydrogen-bond donors (Lipinski definition) is 1. The Morgan fingerprint density at radius 2 is 1.83 bits per heavy atom. The van der Waals surface area contributed by atoms with Gasteiger partial charge in [-0.2, -0.15) is 0 Å². The molecule has 1 unspecified atom stereocenters. The highest BCUT2D eigenvalue weighted by atomic mass is 35.5. The number of benzene rings is 1. The first-order valence-electron chi connectivity index (χ1n) is 10.2. The van der Waals surface area contributed by atoms with E-state index in [1.54, 1.807) is 0 Å². The van der Waals surface area contributed by atoms with Crippen molar-refractivity contribution >= 4 is 42.3 Å². The molecule has 0 aromatic heterocycles. The zero-order valence-electron chi connectivity index (χ0n) is 17.1. The minimum absolute atomic E-state index is 0. The van der Waals surface area contributed by atoms with Gasteiger partial charge < -0.3 is 15.0 Å². The third kappa shape index (κ3) is 8.14. The van der Waals surface area contributed by atoms with E-state index in [1.807, 2.05) is 29.2 Å². The van der Waals surface area contributed by atoms with E-state index in [0.717, 1.165) is 51.6 Å². The first kappa shape index (κ1) is 26.3. The van der Waals surface area contributed by atoms with Gasteiger partial charge in [0.15, 0.2) is 0 Å². The minimum atomic E-state index is 0. The van der Waals surface area contributed by atoms with Gasteiger partial charge >= 0.3 is 0 Å². The zero-order valence-corrected chi connectivity index (χ0v) is 19.5. The van der Waals surface area contributed by atoms with E-state index >= 15 is 0 Å². The third-order valence-corrected chi connectivity index (χ3v) is 6.22. The van der Waals surface area contributed by atoms with Crippen LogP contribution >= 0.6 is 36.4 Å². The molecule has 2 aliphatic heterocycles. The number of halogens is 3. The van der Waals surface area contributed by atoms with Crippen molar-refractivity contribution in [1.82, 2.24) is 15.1 Å². The average molecular weight is 467 g/mol. The second-order valence-corrected chi connectivity index (χ2v) is 8.18. The first-order valence-corrected chi connectivity index (χ1v) is 10.6. The van der Waals surface area contributed by atoms with Gasteiger partial charge in [-0.05, 0) is 49.9 Å². The summed E-state index contributed by atoms with van der Waals surface area (Å²) in [5, 5.41) is 4.05.